The molecular formula is C23H21F3N4O3S. The summed E-state index contributed by atoms with van der Waals surface area (Å²) in [4.78, 5) is 21.2. The third-order valence-corrected chi connectivity index (χ3v) is 8.16. The number of H-pyrrole nitrogens is 1. The second-order valence-corrected chi connectivity index (χ2v) is 10.6. The highest BCUT2D eigenvalue weighted by Crippen LogP contribution is 2.34. The molecule has 0 atom stereocenters. The minimum atomic E-state index is -4.39. The molecule has 0 bridgehead atoms. The van der Waals surface area contributed by atoms with Crippen molar-refractivity contribution in [2.45, 2.75) is 42.4 Å². The van der Waals surface area contributed by atoms with Crippen molar-refractivity contribution in [1.82, 2.24) is 14.9 Å². The number of carbonyl (C=O) groups excluding carboxylic acids is 1. The maximum absolute atomic E-state index is 13.0. The Morgan fingerprint density at radius 2 is 1.85 bits per heavy atom. The molecule has 2 aliphatic rings. The molecule has 1 saturated carbocycles. The Balaban J connectivity index is 1.31. The number of aromatic nitrogens is 2. The Bertz CT molecular complexity index is 1350. The fourth-order valence-electron chi connectivity index (χ4n) is 4.06. The van der Waals surface area contributed by atoms with Crippen molar-refractivity contribution in [3.63, 3.8) is 0 Å². The van der Waals surface area contributed by atoms with E-state index in [1.165, 1.54) is 18.3 Å². The smallest absolute Gasteiger partial charge is 0.355 e. The summed E-state index contributed by atoms with van der Waals surface area (Å²) in [5.41, 5.74) is 2.59. The highest BCUT2D eigenvalue weighted by Gasteiger charge is 2.39. The van der Waals surface area contributed by atoms with Crippen LogP contribution in [0.2, 0.25) is 0 Å². The molecular weight excluding hydrogens is 469 g/mol. The van der Waals surface area contributed by atoms with Crippen molar-refractivity contribution in [1.29, 1.82) is 0 Å². The second kappa shape index (κ2) is 8.15. The average molecular weight is 491 g/mol. The number of halogens is 3. The summed E-state index contributed by atoms with van der Waals surface area (Å²) in [6.45, 7) is 0.724. The number of sulfone groups is 1. The van der Waals surface area contributed by atoms with Gasteiger partial charge in [-0.15, -0.1) is 0 Å². The molecule has 1 aliphatic carbocycles. The number of rotatable bonds is 5. The van der Waals surface area contributed by atoms with E-state index < -0.39 is 26.8 Å². The van der Waals surface area contributed by atoms with Crippen LogP contribution in [0.4, 0.5) is 24.5 Å². The van der Waals surface area contributed by atoms with E-state index in [4.69, 9.17) is 0 Å². The molecule has 7 nitrogen and oxygen atoms in total. The van der Waals surface area contributed by atoms with Gasteiger partial charge in [0.1, 0.15) is 5.69 Å². The van der Waals surface area contributed by atoms with Gasteiger partial charge in [-0.1, -0.05) is 12.1 Å². The monoisotopic (exact) mass is 490 g/mol. The number of hydrogen-bond acceptors (Lipinski definition) is 5. The molecule has 1 amide bonds. The lowest BCUT2D eigenvalue weighted by molar-refractivity contribution is -0.137. The van der Waals surface area contributed by atoms with Crippen molar-refractivity contribution >= 4 is 27.1 Å². The van der Waals surface area contributed by atoms with Crippen LogP contribution in [-0.4, -0.2) is 41.0 Å². The number of nitrogens with one attached hydrogen (secondary N) is 2. The molecule has 2 aromatic carbocycles. The van der Waals surface area contributed by atoms with Gasteiger partial charge in [0.25, 0.3) is 5.91 Å². The largest absolute Gasteiger partial charge is 0.416 e. The molecule has 1 aliphatic heterocycles. The number of benzene rings is 2. The molecule has 0 spiro atoms. The Morgan fingerprint density at radius 3 is 2.53 bits per heavy atom. The summed E-state index contributed by atoms with van der Waals surface area (Å²) >= 11 is 0. The summed E-state index contributed by atoms with van der Waals surface area (Å²) in [7, 11) is -3.51. The van der Waals surface area contributed by atoms with Gasteiger partial charge in [0, 0.05) is 24.5 Å². The molecule has 5 rings (SSSR count). The van der Waals surface area contributed by atoms with E-state index >= 15 is 0 Å². The number of anilines is 2. The molecule has 34 heavy (non-hydrogen) atoms. The van der Waals surface area contributed by atoms with E-state index in [9.17, 15) is 26.4 Å². The maximum Gasteiger partial charge on any atom is 0.416 e. The number of amides is 1. The van der Waals surface area contributed by atoms with Gasteiger partial charge in [0.15, 0.2) is 0 Å². The highest BCUT2D eigenvalue weighted by atomic mass is 32.2. The first-order valence-electron chi connectivity index (χ1n) is 10.8. The summed E-state index contributed by atoms with van der Waals surface area (Å²) in [5.74, 6) is -0.337. The minimum Gasteiger partial charge on any atom is -0.355 e. The number of carbonyl (C=O) groups is 1. The Morgan fingerprint density at radius 1 is 1.12 bits per heavy atom. The molecule has 1 aromatic heterocycles. The highest BCUT2D eigenvalue weighted by molar-refractivity contribution is 7.92. The molecule has 11 heteroatoms. The molecule has 1 fully saturated rings. The fraction of sp³-hybridized carbons (Fsp3) is 0.304. The van der Waals surface area contributed by atoms with Crippen LogP contribution in [0.25, 0.3) is 0 Å². The number of nitrogens with zero attached hydrogens (tertiary/aromatic N) is 2. The minimum absolute atomic E-state index is 0.127. The molecule has 0 unspecified atom stereocenters. The van der Waals surface area contributed by atoms with Crippen molar-refractivity contribution in [3.8, 4) is 0 Å². The quantitative estimate of drug-likeness (QED) is 0.556. The standard InChI is InChI=1S/C23H21F3N4O3S/c24-23(25,26)15-4-6-16(7-5-15)28-19-3-1-2-14-13-30(11-10-18(14)19)21(31)20-12-27-22(29-20)34(32,33)17-8-9-17/h1-7,12,17,28H,8-11,13H2,(H,27,29). The molecule has 2 N–H and O–H groups in total. The van der Waals surface area contributed by atoms with Gasteiger partial charge >= 0.3 is 6.18 Å². The van der Waals surface area contributed by atoms with Crippen LogP contribution in [0.1, 0.15) is 40.0 Å². The van der Waals surface area contributed by atoms with Crippen LogP contribution in [0, 0.1) is 0 Å². The summed E-state index contributed by atoms with van der Waals surface area (Å²) < 4.78 is 63.1. The molecule has 3 aromatic rings. The second-order valence-electron chi connectivity index (χ2n) is 8.47. The first-order valence-corrected chi connectivity index (χ1v) is 12.3. The molecule has 0 saturated heterocycles. The molecule has 2 heterocycles. The van der Waals surface area contributed by atoms with Crippen LogP contribution >= 0.6 is 0 Å². The first-order chi connectivity index (χ1) is 16.1. The van der Waals surface area contributed by atoms with E-state index in [0.717, 1.165) is 28.9 Å². The first kappa shape index (κ1) is 22.5. The van der Waals surface area contributed by atoms with Crippen molar-refractivity contribution < 1.29 is 26.4 Å². The summed E-state index contributed by atoms with van der Waals surface area (Å²) in [5, 5.41) is 2.58. The predicted octanol–water partition coefficient (Wildman–Crippen LogP) is 4.31. The van der Waals surface area contributed by atoms with Crippen LogP contribution in [0.15, 0.2) is 53.8 Å². The fourth-order valence-corrected chi connectivity index (χ4v) is 5.58. The topological polar surface area (TPSA) is 95.2 Å². The molecule has 0 radical (unpaired) electrons. The zero-order valence-corrected chi connectivity index (χ0v) is 18.7. The number of alkyl halides is 3. The lowest BCUT2D eigenvalue weighted by Gasteiger charge is -2.30. The van der Waals surface area contributed by atoms with Gasteiger partial charge in [0.2, 0.25) is 15.0 Å². The van der Waals surface area contributed by atoms with E-state index in [1.54, 1.807) is 4.90 Å². The van der Waals surface area contributed by atoms with Crippen LogP contribution < -0.4 is 5.32 Å². The van der Waals surface area contributed by atoms with Crippen molar-refractivity contribution in [2.24, 2.45) is 0 Å². The maximum atomic E-state index is 13.0. The normalized spacial score (nSPS) is 16.3. The summed E-state index contributed by atoms with van der Waals surface area (Å²) in [6, 6.07) is 10.4. The van der Waals surface area contributed by atoms with Gasteiger partial charge < -0.3 is 15.2 Å². The van der Waals surface area contributed by atoms with Crippen molar-refractivity contribution in [2.75, 3.05) is 11.9 Å². The van der Waals surface area contributed by atoms with Gasteiger partial charge in [-0.3, -0.25) is 4.79 Å². The third kappa shape index (κ3) is 4.27. The van der Waals surface area contributed by atoms with Crippen LogP contribution in [0.3, 0.4) is 0 Å². The van der Waals surface area contributed by atoms with Gasteiger partial charge in [-0.25, -0.2) is 13.4 Å². The zero-order chi connectivity index (χ0) is 24.1. The average Bonchev–Trinajstić information content (AvgIpc) is 3.55. The van der Waals surface area contributed by atoms with Crippen LogP contribution in [0.5, 0.6) is 0 Å². The lowest BCUT2D eigenvalue weighted by Crippen LogP contribution is -2.36. The van der Waals surface area contributed by atoms with E-state index in [2.05, 4.69) is 15.3 Å². The number of hydrogen-bond donors (Lipinski definition) is 2. The van der Waals surface area contributed by atoms with E-state index in [-0.39, 0.29) is 16.8 Å². The number of imidazole rings is 1. The summed E-state index contributed by atoms with van der Waals surface area (Å²) in [6.07, 6.45) is -1.38. The third-order valence-electron chi connectivity index (χ3n) is 6.06. The van der Waals surface area contributed by atoms with Gasteiger partial charge in [0.05, 0.1) is 17.0 Å². The van der Waals surface area contributed by atoms with Crippen molar-refractivity contribution in [3.05, 3.63) is 71.0 Å². The Hall–Kier alpha value is -3.34. The number of fused-ring (bicyclic) bond motifs is 1. The SMILES string of the molecule is O=C(c1cnc(S(=O)(=O)C2CC2)[nH]1)N1CCc2c(cccc2Nc2ccc(C(F)(F)F)cc2)C1. The Labute approximate surface area is 193 Å². The van der Waals surface area contributed by atoms with Gasteiger partial charge in [-0.2, -0.15) is 13.2 Å². The molecule has 178 valence electrons. The predicted molar refractivity (Wildman–Crippen MR) is 118 cm³/mol. The van der Waals surface area contributed by atoms with E-state index in [1.807, 2.05) is 18.2 Å². The van der Waals surface area contributed by atoms with E-state index in [0.29, 0.717) is 38.0 Å². The van der Waals surface area contributed by atoms with Crippen LogP contribution in [-0.2, 0) is 29.0 Å². The number of aromatic amines is 1. The Kier molecular flexibility index (Phi) is 5.38. The lowest BCUT2D eigenvalue weighted by atomic mass is 9.97. The van der Waals surface area contributed by atoms with Gasteiger partial charge in [-0.05, 0) is 60.7 Å². The zero-order valence-electron chi connectivity index (χ0n) is 17.9.